The summed E-state index contributed by atoms with van der Waals surface area (Å²) in [5.74, 6) is -0.105. The Bertz CT molecular complexity index is 1120. The number of nitrogens with zero attached hydrogens (tertiary/aromatic N) is 1. The van der Waals surface area contributed by atoms with Gasteiger partial charge >= 0.3 is 5.97 Å². The first kappa shape index (κ1) is 22.5. The zero-order valence-corrected chi connectivity index (χ0v) is 18.8. The maximum Gasteiger partial charge on any atom is 0.343 e. The van der Waals surface area contributed by atoms with E-state index in [0.29, 0.717) is 27.6 Å². The van der Waals surface area contributed by atoms with Crippen LogP contribution >= 0.6 is 27.5 Å². The number of esters is 1. The summed E-state index contributed by atoms with van der Waals surface area (Å²) in [6.45, 7) is 1.68. The van der Waals surface area contributed by atoms with Crippen molar-refractivity contribution in [3.63, 3.8) is 0 Å². The van der Waals surface area contributed by atoms with Crippen LogP contribution in [0.1, 0.15) is 21.5 Å². The lowest BCUT2D eigenvalue weighted by Crippen LogP contribution is -2.24. The number of halogens is 2. The van der Waals surface area contributed by atoms with Gasteiger partial charge < -0.3 is 9.47 Å². The standard InChI is InChI=1S/C23H18BrClN2O4/c1-15-3-2-4-16(11-15)23(29)31-21-10-5-18(24)12-17(21)13-26-27-22(28)14-30-20-8-6-19(25)7-9-20/h2-13H,14H2,1H3,(H,27,28). The molecule has 0 heterocycles. The van der Waals surface area contributed by atoms with Crippen LogP contribution in [0.15, 0.2) is 76.3 Å². The van der Waals surface area contributed by atoms with Crippen LogP contribution in [0, 0.1) is 6.92 Å². The number of rotatable bonds is 7. The van der Waals surface area contributed by atoms with Crippen molar-refractivity contribution in [2.45, 2.75) is 6.92 Å². The van der Waals surface area contributed by atoms with Crippen molar-refractivity contribution in [1.82, 2.24) is 5.43 Å². The summed E-state index contributed by atoms with van der Waals surface area (Å²) < 4.78 is 11.6. The molecule has 6 nitrogen and oxygen atoms in total. The summed E-state index contributed by atoms with van der Waals surface area (Å²) >= 11 is 9.18. The van der Waals surface area contributed by atoms with E-state index in [1.54, 1.807) is 60.7 Å². The molecule has 0 aliphatic heterocycles. The average molecular weight is 502 g/mol. The molecule has 0 aromatic heterocycles. The highest BCUT2D eigenvalue weighted by molar-refractivity contribution is 9.10. The van der Waals surface area contributed by atoms with Gasteiger partial charge in [-0.25, -0.2) is 10.2 Å². The molecule has 0 atom stereocenters. The maximum absolute atomic E-state index is 12.5. The Kier molecular flexibility index (Phi) is 7.81. The molecular weight excluding hydrogens is 484 g/mol. The van der Waals surface area contributed by atoms with Crippen LogP contribution in [-0.4, -0.2) is 24.7 Å². The lowest BCUT2D eigenvalue weighted by molar-refractivity contribution is -0.123. The van der Waals surface area contributed by atoms with Gasteiger partial charge in [0.05, 0.1) is 11.8 Å². The fourth-order valence-corrected chi connectivity index (χ4v) is 3.03. The lowest BCUT2D eigenvalue weighted by Gasteiger charge is -2.09. The molecule has 3 aromatic rings. The molecule has 3 aromatic carbocycles. The first-order valence-electron chi connectivity index (χ1n) is 9.19. The molecule has 0 bridgehead atoms. The number of nitrogens with one attached hydrogen (secondary N) is 1. The first-order valence-corrected chi connectivity index (χ1v) is 10.4. The SMILES string of the molecule is Cc1cccc(C(=O)Oc2ccc(Br)cc2C=NNC(=O)COc2ccc(Cl)cc2)c1. The first-order chi connectivity index (χ1) is 14.9. The Labute approximate surface area is 193 Å². The van der Waals surface area contributed by atoms with Gasteiger partial charge in [-0.05, 0) is 61.5 Å². The Balaban J connectivity index is 1.61. The molecule has 0 radical (unpaired) electrons. The molecule has 8 heteroatoms. The fraction of sp³-hybridized carbons (Fsp3) is 0.0870. The van der Waals surface area contributed by atoms with Crippen molar-refractivity contribution >= 4 is 45.6 Å². The minimum Gasteiger partial charge on any atom is -0.484 e. The minimum atomic E-state index is -0.485. The molecule has 0 saturated heterocycles. The van der Waals surface area contributed by atoms with Gasteiger partial charge in [-0.2, -0.15) is 5.10 Å². The topological polar surface area (TPSA) is 77.0 Å². The highest BCUT2D eigenvalue weighted by atomic mass is 79.9. The summed E-state index contributed by atoms with van der Waals surface area (Å²) in [6, 6.07) is 18.9. The second-order valence-corrected chi connectivity index (χ2v) is 7.83. The lowest BCUT2D eigenvalue weighted by atomic mass is 10.1. The molecule has 0 spiro atoms. The average Bonchev–Trinajstić information content (AvgIpc) is 2.75. The van der Waals surface area contributed by atoms with E-state index in [1.807, 2.05) is 13.0 Å². The third kappa shape index (κ3) is 6.94. The van der Waals surface area contributed by atoms with Crippen molar-refractivity contribution < 1.29 is 19.1 Å². The number of benzene rings is 3. The molecule has 3 rings (SSSR count). The van der Waals surface area contributed by atoms with Crippen LogP contribution < -0.4 is 14.9 Å². The van der Waals surface area contributed by atoms with Crippen LogP contribution in [0.25, 0.3) is 0 Å². The molecule has 1 N–H and O–H groups in total. The number of carbonyl (C=O) groups is 2. The molecule has 0 unspecified atom stereocenters. The largest absolute Gasteiger partial charge is 0.484 e. The second kappa shape index (κ2) is 10.7. The van der Waals surface area contributed by atoms with Gasteiger partial charge in [0, 0.05) is 15.1 Å². The van der Waals surface area contributed by atoms with E-state index >= 15 is 0 Å². The number of hydrogen-bond acceptors (Lipinski definition) is 5. The zero-order valence-electron chi connectivity index (χ0n) is 16.5. The number of ether oxygens (including phenoxy) is 2. The van der Waals surface area contributed by atoms with Crippen LogP contribution in [0.3, 0.4) is 0 Å². The van der Waals surface area contributed by atoms with Crippen molar-refractivity contribution in [2.24, 2.45) is 5.10 Å². The number of aryl methyl sites for hydroxylation is 1. The molecular formula is C23H18BrClN2O4. The van der Waals surface area contributed by atoms with Crippen LogP contribution in [-0.2, 0) is 4.79 Å². The number of carbonyl (C=O) groups excluding carboxylic acids is 2. The predicted octanol–water partition coefficient (Wildman–Crippen LogP) is 5.16. The molecule has 0 aliphatic rings. The molecule has 0 aliphatic carbocycles. The van der Waals surface area contributed by atoms with Gasteiger partial charge in [0.1, 0.15) is 11.5 Å². The predicted molar refractivity (Wildman–Crippen MR) is 123 cm³/mol. The van der Waals surface area contributed by atoms with E-state index in [0.717, 1.165) is 10.0 Å². The van der Waals surface area contributed by atoms with Gasteiger partial charge in [0.2, 0.25) is 0 Å². The third-order valence-electron chi connectivity index (χ3n) is 4.00. The van der Waals surface area contributed by atoms with Gasteiger partial charge in [-0.15, -0.1) is 0 Å². The Morgan fingerprint density at radius 3 is 2.61 bits per heavy atom. The summed E-state index contributed by atoms with van der Waals surface area (Å²) in [6.07, 6.45) is 1.39. The van der Waals surface area contributed by atoms with E-state index in [2.05, 4.69) is 26.5 Å². The smallest absolute Gasteiger partial charge is 0.343 e. The van der Waals surface area contributed by atoms with Crippen molar-refractivity contribution in [2.75, 3.05) is 6.61 Å². The summed E-state index contributed by atoms with van der Waals surface area (Å²) in [5, 5.41) is 4.50. The summed E-state index contributed by atoms with van der Waals surface area (Å²) in [7, 11) is 0. The highest BCUT2D eigenvalue weighted by Crippen LogP contribution is 2.23. The molecule has 31 heavy (non-hydrogen) atoms. The molecule has 0 fully saturated rings. The van der Waals surface area contributed by atoms with E-state index in [9.17, 15) is 9.59 Å². The van der Waals surface area contributed by atoms with Crippen molar-refractivity contribution in [3.8, 4) is 11.5 Å². The van der Waals surface area contributed by atoms with Gasteiger partial charge in [-0.3, -0.25) is 4.79 Å². The van der Waals surface area contributed by atoms with Gasteiger partial charge in [0.15, 0.2) is 6.61 Å². The summed E-state index contributed by atoms with van der Waals surface area (Å²) in [5.41, 5.74) is 4.28. The summed E-state index contributed by atoms with van der Waals surface area (Å²) in [4.78, 5) is 24.4. The normalized spacial score (nSPS) is 10.7. The molecule has 1 amide bonds. The van der Waals surface area contributed by atoms with Crippen LogP contribution in [0.4, 0.5) is 0 Å². The monoisotopic (exact) mass is 500 g/mol. The molecule has 158 valence electrons. The van der Waals surface area contributed by atoms with E-state index < -0.39 is 11.9 Å². The van der Waals surface area contributed by atoms with Crippen molar-refractivity contribution in [1.29, 1.82) is 0 Å². The van der Waals surface area contributed by atoms with E-state index in [-0.39, 0.29) is 6.61 Å². The number of amides is 1. The van der Waals surface area contributed by atoms with Crippen LogP contribution in [0.5, 0.6) is 11.5 Å². The Hall–Kier alpha value is -3.16. The Morgan fingerprint density at radius 1 is 1.10 bits per heavy atom. The van der Waals surface area contributed by atoms with Gasteiger partial charge in [0.25, 0.3) is 5.91 Å². The third-order valence-corrected chi connectivity index (χ3v) is 4.75. The van der Waals surface area contributed by atoms with E-state index in [1.165, 1.54) is 6.21 Å². The van der Waals surface area contributed by atoms with Crippen LogP contribution in [0.2, 0.25) is 5.02 Å². The van der Waals surface area contributed by atoms with Crippen molar-refractivity contribution in [3.05, 3.63) is 92.9 Å². The second-order valence-electron chi connectivity index (χ2n) is 6.48. The number of hydrazone groups is 1. The maximum atomic E-state index is 12.5. The highest BCUT2D eigenvalue weighted by Gasteiger charge is 2.12. The number of hydrogen-bond donors (Lipinski definition) is 1. The Morgan fingerprint density at radius 2 is 1.87 bits per heavy atom. The molecule has 0 saturated carbocycles. The van der Waals surface area contributed by atoms with E-state index in [4.69, 9.17) is 21.1 Å². The minimum absolute atomic E-state index is 0.216. The fourth-order valence-electron chi connectivity index (χ4n) is 2.53. The quantitative estimate of drug-likeness (QED) is 0.210. The van der Waals surface area contributed by atoms with Gasteiger partial charge in [-0.1, -0.05) is 45.2 Å². The zero-order chi connectivity index (χ0) is 22.2.